The van der Waals surface area contributed by atoms with Gasteiger partial charge in [-0.3, -0.25) is 4.79 Å². The van der Waals surface area contributed by atoms with Crippen LogP contribution in [0.4, 0.5) is 5.82 Å². The first-order chi connectivity index (χ1) is 14.3. The molecule has 0 fully saturated rings. The summed E-state index contributed by atoms with van der Waals surface area (Å²) in [7, 11) is -3.84. The largest absolute Gasteiger partial charge is 0.452 e. The number of sulfonamides is 1. The number of carbonyl (C=O) groups is 2. The summed E-state index contributed by atoms with van der Waals surface area (Å²) in [6.07, 6.45) is 0. The Morgan fingerprint density at radius 1 is 1.07 bits per heavy atom. The van der Waals surface area contributed by atoms with E-state index in [2.05, 4.69) is 15.2 Å². The first kappa shape index (κ1) is 21.2. The zero-order valence-electron chi connectivity index (χ0n) is 16.0. The van der Waals surface area contributed by atoms with Gasteiger partial charge in [0.25, 0.3) is 5.91 Å². The van der Waals surface area contributed by atoms with E-state index in [0.29, 0.717) is 5.76 Å². The number of aromatic nitrogens is 1. The quantitative estimate of drug-likeness (QED) is 0.526. The highest BCUT2D eigenvalue weighted by Crippen LogP contribution is 2.14. The fraction of sp³-hybridized carbons (Fsp3) is 0.150. The highest BCUT2D eigenvalue weighted by Gasteiger charge is 2.17. The molecule has 10 heteroatoms. The van der Waals surface area contributed by atoms with Crippen LogP contribution in [0.2, 0.25) is 0 Å². The Hall–Kier alpha value is -3.50. The number of ether oxygens (including phenoxy) is 1. The third-order valence-electron chi connectivity index (χ3n) is 3.92. The van der Waals surface area contributed by atoms with E-state index < -0.39 is 28.5 Å². The van der Waals surface area contributed by atoms with Crippen molar-refractivity contribution in [3.63, 3.8) is 0 Å². The molecule has 0 aliphatic carbocycles. The zero-order chi connectivity index (χ0) is 21.6. The van der Waals surface area contributed by atoms with Crippen molar-refractivity contribution in [3.05, 3.63) is 77.6 Å². The van der Waals surface area contributed by atoms with Crippen molar-refractivity contribution >= 4 is 27.7 Å². The Morgan fingerprint density at radius 2 is 1.83 bits per heavy atom. The standard InChI is InChI=1S/C20H19N3O6S/c1-14-10-18(23-29-14)22-19(24)13-28-20(25)16-8-5-9-17(11-16)30(26,27)21-12-15-6-3-2-4-7-15/h2-11,21H,12-13H2,1H3,(H,22,23,24). The van der Waals surface area contributed by atoms with Crippen LogP contribution in [0.1, 0.15) is 21.7 Å². The Bertz CT molecular complexity index is 1140. The number of nitrogens with one attached hydrogen (secondary N) is 2. The lowest BCUT2D eigenvalue weighted by molar-refractivity contribution is -0.119. The summed E-state index contributed by atoms with van der Waals surface area (Å²) in [6, 6.07) is 15.9. The lowest BCUT2D eigenvalue weighted by Gasteiger charge is -2.09. The van der Waals surface area contributed by atoms with Crippen LogP contribution in [0.5, 0.6) is 0 Å². The Morgan fingerprint density at radius 3 is 2.53 bits per heavy atom. The van der Waals surface area contributed by atoms with E-state index in [9.17, 15) is 18.0 Å². The fourth-order valence-corrected chi connectivity index (χ4v) is 3.53. The molecule has 0 unspecified atom stereocenters. The van der Waals surface area contributed by atoms with E-state index >= 15 is 0 Å². The van der Waals surface area contributed by atoms with Crippen LogP contribution < -0.4 is 10.0 Å². The number of anilines is 1. The molecule has 0 saturated carbocycles. The van der Waals surface area contributed by atoms with Crippen molar-refractivity contribution in [3.8, 4) is 0 Å². The molecule has 156 valence electrons. The number of rotatable bonds is 8. The van der Waals surface area contributed by atoms with Gasteiger partial charge in [0.1, 0.15) is 5.76 Å². The number of esters is 1. The zero-order valence-corrected chi connectivity index (χ0v) is 16.8. The van der Waals surface area contributed by atoms with Gasteiger partial charge in [0, 0.05) is 12.6 Å². The van der Waals surface area contributed by atoms with Crippen molar-refractivity contribution in [1.82, 2.24) is 9.88 Å². The number of aryl methyl sites for hydroxylation is 1. The summed E-state index contributed by atoms with van der Waals surface area (Å²) < 4.78 is 37.3. The minimum absolute atomic E-state index is 0.00247. The molecule has 3 aromatic rings. The van der Waals surface area contributed by atoms with Gasteiger partial charge in [-0.05, 0) is 30.7 Å². The Kier molecular flexibility index (Phi) is 6.60. The average molecular weight is 429 g/mol. The molecular weight excluding hydrogens is 410 g/mol. The van der Waals surface area contributed by atoms with Crippen molar-refractivity contribution in [2.75, 3.05) is 11.9 Å². The molecule has 0 atom stereocenters. The van der Waals surface area contributed by atoms with Crippen LogP contribution in [0.3, 0.4) is 0 Å². The second-order valence-electron chi connectivity index (χ2n) is 6.29. The minimum atomic E-state index is -3.84. The second-order valence-corrected chi connectivity index (χ2v) is 8.05. The summed E-state index contributed by atoms with van der Waals surface area (Å²) in [5.74, 6) is -0.723. The van der Waals surface area contributed by atoms with E-state index in [0.717, 1.165) is 5.56 Å². The topological polar surface area (TPSA) is 128 Å². The van der Waals surface area contributed by atoms with Gasteiger partial charge in [-0.1, -0.05) is 41.6 Å². The van der Waals surface area contributed by atoms with E-state index in [4.69, 9.17) is 9.26 Å². The molecule has 0 saturated heterocycles. The number of carbonyl (C=O) groups excluding carboxylic acids is 2. The lowest BCUT2D eigenvalue weighted by atomic mass is 10.2. The minimum Gasteiger partial charge on any atom is -0.452 e. The summed E-state index contributed by atoms with van der Waals surface area (Å²) in [6.45, 7) is 1.21. The SMILES string of the molecule is Cc1cc(NC(=O)COC(=O)c2cccc(S(=O)(=O)NCc3ccccc3)c2)no1. The van der Waals surface area contributed by atoms with Crippen molar-refractivity contribution < 1.29 is 27.3 Å². The molecule has 1 amide bonds. The molecule has 9 nitrogen and oxygen atoms in total. The monoisotopic (exact) mass is 429 g/mol. The molecule has 1 heterocycles. The van der Waals surface area contributed by atoms with E-state index in [1.54, 1.807) is 31.2 Å². The van der Waals surface area contributed by atoms with Crippen LogP contribution in [0, 0.1) is 6.92 Å². The summed E-state index contributed by atoms with van der Waals surface area (Å²) in [4.78, 5) is 24.0. The smallest absolute Gasteiger partial charge is 0.338 e. The van der Waals surface area contributed by atoms with Gasteiger partial charge < -0.3 is 14.6 Å². The molecule has 0 bridgehead atoms. The molecule has 0 spiro atoms. The second kappa shape index (κ2) is 9.33. The van der Waals surface area contributed by atoms with E-state index in [1.807, 2.05) is 6.07 Å². The third-order valence-corrected chi connectivity index (χ3v) is 5.32. The molecule has 30 heavy (non-hydrogen) atoms. The van der Waals surface area contributed by atoms with Crippen LogP contribution in [-0.4, -0.2) is 32.1 Å². The predicted molar refractivity (Wildman–Crippen MR) is 107 cm³/mol. The fourth-order valence-electron chi connectivity index (χ4n) is 2.47. The molecule has 0 aliphatic rings. The number of nitrogens with zero attached hydrogens (tertiary/aromatic N) is 1. The summed E-state index contributed by atoms with van der Waals surface area (Å²) in [5, 5.41) is 6.01. The highest BCUT2D eigenvalue weighted by atomic mass is 32.2. The van der Waals surface area contributed by atoms with Crippen molar-refractivity contribution in [2.24, 2.45) is 0 Å². The number of amides is 1. The van der Waals surface area contributed by atoms with Gasteiger partial charge in [0.2, 0.25) is 10.0 Å². The third kappa shape index (κ3) is 5.75. The first-order valence-electron chi connectivity index (χ1n) is 8.87. The van der Waals surface area contributed by atoms with Crippen LogP contribution >= 0.6 is 0 Å². The van der Waals surface area contributed by atoms with Crippen molar-refractivity contribution in [1.29, 1.82) is 0 Å². The Labute approximate surface area is 173 Å². The van der Waals surface area contributed by atoms with E-state index in [-0.39, 0.29) is 22.8 Å². The van der Waals surface area contributed by atoms with E-state index in [1.165, 1.54) is 30.3 Å². The normalized spacial score (nSPS) is 11.1. The maximum Gasteiger partial charge on any atom is 0.338 e. The lowest BCUT2D eigenvalue weighted by Crippen LogP contribution is -2.24. The molecule has 0 radical (unpaired) electrons. The van der Waals surface area contributed by atoms with Crippen molar-refractivity contribution in [2.45, 2.75) is 18.4 Å². The van der Waals surface area contributed by atoms with Gasteiger partial charge >= 0.3 is 5.97 Å². The Balaban J connectivity index is 1.59. The van der Waals surface area contributed by atoms with Crippen LogP contribution in [0.15, 0.2) is 70.1 Å². The van der Waals surface area contributed by atoms with Gasteiger partial charge in [0.05, 0.1) is 10.5 Å². The number of hydrogen-bond acceptors (Lipinski definition) is 7. The summed E-state index contributed by atoms with van der Waals surface area (Å²) >= 11 is 0. The predicted octanol–water partition coefficient (Wildman–Crippen LogP) is 2.26. The van der Waals surface area contributed by atoms with Gasteiger partial charge in [0.15, 0.2) is 12.4 Å². The average Bonchev–Trinajstić information content (AvgIpc) is 3.16. The number of benzene rings is 2. The highest BCUT2D eigenvalue weighted by molar-refractivity contribution is 7.89. The van der Waals surface area contributed by atoms with Gasteiger partial charge in [-0.15, -0.1) is 0 Å². The number of hydrogen-bond donors (Lipinski definition) is 2. The molecule has 2 aromatic carbocycles. The maximum absolute atomic E-state index is 12.5. The van der Waals surface area contributed by atoms with Crippen LogP contribution in [-0.2, 0) is 26.1 Å². The molecule has 1 aromatic heterocycles. The molecular formula is C20H19N3O6S. The van der Waals surface area contributed by atoms with Gasteiger partial charge in [-0.25, -0.2) is 17.9 Å². The molecule has 0 aliphatic heterocycles. The van der Waals surface area contributed by atoms with Crippen LogP contribution in [0.25, 0.3) is 0 Å². The van der Waals surface area contributed by atoms with Gasteiger partial charge in [-0.2, -0.15) is 0 Å². The molecule has 3 rings (SSSR count). The maximum atomic E-state index is 12.5. The summed E-state index contributed by atoms with van der Waals surface area (Å²) in [5.41, 5.74) is 0.799. The first-order valence-corrected chi connectivity index (χ1v) is 10.4. The molecule has 2 N–H and O–H groups in total.